The van der Waals surface area contributed by atoms with Gasteiger partial charge in [-0.15, -0.1) is 0 Å². The Morgan fingerprint density at radius 2 is 1.84 bits per heavy atom. The SMILES string of the molecule is C[C@H](CO)N1C[C@H](C)[C@H](CN(C)C(=O)C2CCCCC2)Oc2cc(C#Cc3ccncc3)ccc2S1(=O)=O. The van der Waals surface area contributed by atoms with E-state index >= 15 is 0 Å². The molecule has 0 bridgehead atoms. The number of nitrogens with zero attached hydrogens (tertiary/aromatic N) is 3. The van der Waals surface area contributed by atoms with Crippen LogP contribution in [0.5, 0.6) is 5.75 Å². The summed E-state index contributed by atoms with van der Waals surface area (Å²) in [4.78, 5) is 18.9. The zero-order valence-electron chi connectivity index (χ0n) is 22.3. The number of likely N-dealkylation sites (N-methyl/N-ethyl adjacent to an activating group) is 1. The molecule has 2 aromatic rings. The molecule has 0 radical (unpaired) electrons. The van der Waals surface area contributed by atoms with Crippen molar-refractivity contribution in [1.82, 2.24) is 14.2 Å². The van der Waals surface area contributed by atoms with Gasteiger partial charge in [0.2, 0.25) is 15.9 Å². The van der Waals surface area contributed by atoms with Crippen molar-refractivity contribution in [3.63, 3.8) is 0 Å². The van der Waals surface area contributed by atoms with Crippen LogP contribution in [0.25, 0.3) is 0 Å². The van der Waals surface area contributed by atoms with Gasteiger partial charge in [-0.25, -0.2) is 8.42 Å². The Hall–Kier alpha value is -2.93. The molecular formula is C29H37N3O5S. The number of carbonyl (C=O) groups is 1. The Morgan fingerprint density at radius 1 is 1.16 bits per heavy atom. The van der Waals surface area contributed by atoms with Crippen LogP contribution >= 0.6 is 0 Å². The molecule has 1 fully saturated rings. The fourth-order valence-electron chi connectivity index (χ4n) is 5.12. The molecule has 1 amide bonds. The van der Waals surface area contributed by atoms with Gasteiger partial charge in [0, 0.05) is 55.0 Å². The first-order valence-corrected chi connectivity index (χ1v) is 14.7. The summed E-state index contributed by atoms with van der Waals surface area (Å²) in [5.41, 5.74) is 1.40. The summed E-state index contributed by atoms with van der Waals surface area (Å²) in [6.45, 7) is 3.82. The molecule has 1 aromatic carbocycles. The van der Waals surface area contributed by atoms with Gasteiger partial charge in [-0.1, -0.05) is 38.0 Å². The van der Waals surface area contributed by atoms with Gasteiger partial charge in [0.05, 0.1) is 13.2 Å². The molecule has 1 aliphatic heterocycles. The molecule has 204 valence electrons. The molecule has 38 heavy (non-hydrogen) atoms. The fourth-order valence-corrected chi connectivity index (χ4v) is 6.95. The largest absolute Gasteiger partial charge is 0.487 e. The molecule has 1 aliphatic carbocycles. The number of carbonyl (C=O) groups excluding carboxylic acids is 1. The number of aliphatic hydroxyl groups is 1. The zero-order chi connectivity index (χ0) is 27.3. The minimum Gasteiger partial charge on any atom is -0.487 e. The lowest BCUT2D eigenvalue weighted by Crippen LogP contribution is -2.50. The molecule has 3 atom stereocenters. The van der Waals surface area contributed by atoms with Crippen LogP contribution in [0.3, 0.4) is 0 Å². The standard InChI is InChI=1S/C29H37N3O5S/c1-21-18-32(22(2)20-33)38(35,36)28-12-11-24(10-9-23-13-15-30-16-14-23)17-26(28)37-27(21)19-31(3)29(34)25-7-5-4-6-8-25/h11-17,21-22,25,27,33H,4-8,18-20H2,1-3H3/t21-,22+,27-/m0/s1. The average Bonchev–Trinajstić information content (AvgIpc) is 2.93. The van der Waals surface area contributed by atoms with E-state index in [9.17, 15) is 18.3 Å². The quantitative estimate of drug-likeness (QED) is 0.586. The van der Waals surface area contributed by atoms with Crippen molar-refractivity contribution < 1.29 is 23.1 Å². The second-order valence-corrected chi connectivity index (χ2v) is 12.3. The number of benzene rings is 1. The molecule has 1 aromatic heterocycles. The van der Waals surface area contributed by atoms with E-state index in [0.29, 0.717) is 12.1 Å². The molecule has 2 heterocycles. The third-order valence-corrected chi connectivity index (χ3v) is 9.50. The first-order valence-electron chi connectivity index (χ1n) is 13.3. The van der Waals surface area contributed by atoms with E-state index in [-0.39, 0.29) is 41.5 Å². The Kier molecular flexibility index (Phi) is 9.08. The van der Waals surface area contributed by atoms with Crippen LogP contribution in [-0.4, -0.2) is 72.5 Å². The lowest BCUT2D eigenvalue weighted by Gasteiger charge is -2.38. The molecule has 0 spiro atoms. The highest BCUT2D eigenvalue weighted by molar-refractivity contribution is 7.89. The summed E-state index contributed by atoms with van der Waals surface area (Å²) in [5.74, 6) is 6.26. The second-order valence-electron chi connectivity index (χ2n) is 10.4. The summed E-state index contributed by atoms with van der Waals surface area (Å²) in [6, 6.07) is 7.81. The number of hydrogen-bond donors (Lipinski definition) is 1. The molecule has 2 aliphatic rings. The third kappa shape index (κ3) is 6.37. The average molecular weight is 540 g/mol. The number of hydrogen-bond acceptors (Lipinski definition) is 6. The van der Waals surface area contributed by atoms with Crippen molar-refractivity contribution in [1.29, 1.82) is 0 Å². The first kappa shape index (κ1) is 28.1. The minimum absolute atomic E-state index is 0.0328. The van der Waals surface area contributed by atoms with E-state index in [1.54, 1.807) is 55.5 Å². The lowest BCUT2D eigenvalue weighted by molar-refractivity contribution is -0.136. The summed E-state index contributed by atoms with van der Waals surface area (Å²) in [7, 11) is -2.15. The second kappa shape index (κ2) is 12.3. The third-order valence-electron chi connectivity index (χ3n) is 7.48. The summed E-state index contributed by atoms with van der Waals surface area (Å²) in [5, 5.41) is 9.85. The number of aliphatic hydroxyl groups excluding tert-OH is 1. The maximum atomic E-state index is 13.7. The number of ether oxygens (including phenoxy) is 1. The number of sulfonamides is 1. The van der Waals surface area contributed by atoms with Gasteiger partial charge in [0.15, 0.2) is 0 Å². The van der Waals surface area contributed by atoms with Gasteiger partial charge in [-0.2, -0.15) is 4.31 Å². The summed E-state index contributed by atoms with van der Waals surface area (Å²) >= 11 is 0. The number of rotatable bonds is 5. The van der Waals surface area contributed by atoms with Crippen LogP contribution in [0, 0.1) is 23.7 Å². The molecule has 0 unspecified atom stereocenters. The molecule has 1 N–H and O–H groups in total. The molecule has 8 nitrogen and oxygen atoms in total. The molecule has 4 rings (SSSR count). The van der Waals surface area contributed by atoms with Crippen LogP contribution in [0.4, 0.5) is 0 Å². The normalized spacial score (nSPS) is 22.5. The van der Waals surface area contributed by atoms with Crippen LogP contribution in [-0.2, 0) is 14.8 Å². The first-order chi connectivity index (χ1) is 18.2. The Labute approximate surface area is 226 Å². The van der Waals surface area contributed by atoms with Crippen LogP contribution < -0.4 is 4.74 Å². The van der Waals surface area contributed by atoms with Crippen LogP contribution in [0.2, 0.25) is 0 Å². The van der Waals surface area contributed by atoms with Crippen LogP contribution in [0.1, 0.15) is 57.1 Å². The van der Waals surface area contributed by atoms with E-state index in [4.69, 9.17) is 4.74 Å². The molecule has 0 saturated heterocycles. The van der Waals surface area contributed by atoms with Gasteiger partial charge >= 0.3 is 0 Å². The predicted octanol–water partition coefficient (Wildman–Crippen LogP) is 3.29. The van der Waals surface area contributed by atoms with Gasteiger partial charge in [-0.05, 0) is 50.1 Å². The Morgan fingerprint density at radius 3 is 2.53 bits per heavy atom. The monoisotopic (exact) mass is 539 g/mol. The van der Waals surface area contributed by atoms with Crippen molar-refractivity contribution in [2.75, 3.05) is 26.7 Å². The number of pyridine rings is 1. The summed E-state index contributed by atoms with van der Waals surface area (Å²) in [6.07, 6.45) is 8.01. The van der Waals surface area contributed by atoms with Crippen molar-refractivity contribution in [2.24, 2.45) is 11.8 Å². The van der Waals surface area contributed by atoms with Crippen molar-refractivity contribution in [3.8, 4) is 17.6 Å². The van der Waals surface area contributed by atoms with Crippen LogP contribution in [0.15, 0.2) is 47.6 Å². The van der Waals surface area contributed by atoms with Gasteiger partial charge in [-0.3, -0.25) is 9.78 Å². The van der Waals surface area contributed by atoms with Gasteiger partial charge in [0.25, 0.3) is 0 Å². The van der Waals surface area contributed by atoms with Crippen molar-refractivity contribution in [2.45, 2.75) is 63.0 Å². The smallest absolute Gasteiger partial charge is 0.247 e. The van der Waals surface area contributed by atoms with E-state index in [0.717, 1.165) is 31.2 Å². The van der Waals surface area contributed by atoms with E-state index in [2.05, 4.69) is 16.8 Å². The van der Waals surface area contributed by atoms with E-state index in [1.165, 1.54) is 16.8 Å². The van der Waals surface area contributed by atoms with Crippen molar-refractivity contribution in [3.05, 3.63) is 53.9 Å². The number of aromatic nitrogens is 1. The molecule has 9 heteroatoms. The summed E-state index contributed by atoms with van der Waals surface area (Å²) < 4.78 is 35.1. The number of fused-ring (bicyclic) bond motifs is 1. The lowest BCUT2D eigenvalue weighted by atomic mass is 9.88. The fraction of sp³-hybridized carbons (Fsp3) is 0.517. The van der Waals surface area contributed by atoms with Crippen molar-refractivity contribution >= 4 is 15.9 Å². The number of amides is 1. The maximum absolute atomic E-state index is 13.7. The Bertz CT molecular complexity index is 1280. The topological polar surface area (TPSA) is 100 Å². The maximum Gasteiger partial charge on any atom is 0.247 e. The zero-order valence-corrected chi connectivity index (χ0v) is 23.2. The Balaban J connectivity index is 1.68. The highest BCUT2D eigenvalue weighted by atomic mass is 32.2. The molecule has 1 saturated carbocycles. The van der Waals surface area contributed by atoms with Gasteiger partial charge in [0.1, 0.15) is 16.7 Å². The highest BCUT2D eigenvalue weighted by Crippen LogP contribution is 2.34. The van der Waals surface area contributed by atoms with E-state index < -0.39 is 22.2 Å². The minimum atomic E-state index is -3.94. The molecular weight excluding hydrogens is 502 g/mol. The van der Waals surface area contributed by atoms with E-state index in [1.807, 2.05) is 6.92 Å². The van der Waals surface area contributed by atoms with Gasteiger partial charge < -0.3 is 14.7 Å². The predicted molar refractivity (Wildman–Crippen MR) is 145 cm³/mol. The highest BCUT2D eigenvalue weighted by Gasteiger charge is 2.38.